The number of benzene rings is 1. The highest BCUT2D eigenvalue weighted by Gasteiger charge is 2.24. The number of hydrogen-bond acceptors (Lipinski definition) is 5. The number of nitro benzene ring substituents is 1. The molecular formula is C13H18N2O4. The van der Waals surface area contributed by atoms with Gasteiger partial charge in [-0.25, -0.2) is 0 Å². The number of rotatable bonds is 4. The smallest absolute Gasteiger partial charge is 0.271 e. The minimum Gasteiger partial charge on any atom is -0.488 e. The topological polar surface area (TPSA) is 87.6 Å². The average molecular weight is 266 g/mol. The first-order chi connectivity index (χ1) is 9.10. The molecule has 1 aromatic rings. The molecule has 0 bridgehead atoms. The summed E-state index contributed by atoms with van der Waals surface area (Å²) in [7, 11) is 1.70. The fourth-order valence-electron chi connectivity index (χ4n) is 2.36. The summed E-state index contributed by atoms with van der Waals surface area (Å²) in [5.41, 5.74) is 6.06. The Morgan fingerprint density at radius 2 is 2.11 bits per heavy atom. The molecule has 2 rings (SSSR count). The summed E-state index contributed by atoms with van der Waals surface area (Å²) in [5, 5.41) is 10.6. The van der Waals surface area contributed by atoms with Crippen LogP contribution >= 0.6 is 0 Å². The third-order valence-electron chi connectivity index (χ3n) is 3.41. The molecule has 0 aliphatic heterocycles. The number of nitrogen functional groups attached to an aromatic ring is 1. The van der Waals surface area contributed by atoms with Gasteiger partial charge >= 0.3 is 0 Å². The predicted octanol–water partition coefficient (Wildman–Crippen LogP) is 2.51. The average Bonchev–Trinajstić information content (AvgIpc) is 2.41. The number of hydrogen-bond donors (Lipinski definition) is 1. The molecule has 104 valence electrons. The van der Waals surface area contributed by atoms with Gasteiger partial charge in [0.1, 0.15) is 11.9 Å². The molecule has 2 N–H and O–H groups in total. The van der Waals surface area contributed by atoms with Crippen LogP contribution in [0.3, 0.4) is 0 Å². The molecule has 0 spiro atoms. The summed E-state index contributed by atoms with van der Waals surface area (Å²) in [4.78, 5) is 10.2. The van der Waals surface area contributed by atoms with Crippen LogP contribution in [0.2, 0.25) is 0 Å². The Hall–Kier alpha value is -1.82. The first-order valence-corrected chi connectivity index (χ1v) is 6.33. The van der Waals surface area contributed by atoms with E-state index < -0.39 is 4.92 Å². The Balaban J connectivity index is 2.04. The van der Waals surface area contributed by atoms with Crippen LogP contribution in [0.4, 0.5) is 11.4 Å². The third-order valence-corrected chi connectivity index (χ3v) is 3.41. The van der Waals surface area contributed by atoms with Crippen molar-refractivity contribution in [1.82, 2.24) is 0 Å². The van der Waals surface area contributed by atoms with E-state index in [4.69, 9.17) is 15.2 Å². The van der Waals surface area contributed by atoms with E-state index in [1.54, 1.807) is 13.2 Å². The van der Waals surface area contributed by atoms with Crippen molar-refractivity contribution in [2.24, 2.45) is 0 Å². The van der Waals surface area contributed by atoms with Gasteiger partial charge in [-0.1, -0.05) is 0 Å². The van der Waals surface area contributed by atoms with Crippen LogP contribution < -0.4 is 10.5 Å². The van der Waals surface area contributed by atoms with E-state index in [1.807, 2.05) is 0 Å². The molecular weight excluding hydrogens is 248 g/mol. The number of methoxy groups -OCH3 is 1. The molecule has 1 aromatic carbocycles. The van der Waals surface area contributed by atoms with Gasteiger partial charge < -0.3 is 15.2 Å². The van der Waals surface area contributed by atoms with E-state index in [-0.39, 0.29) is 17.9 Å². The first kappa shape index (κ1) is 13.6. The molecule has 1 saturated carbocycles. The van der Waals surface area contributed by atoms with Crippen molar-refractivity contribution in [3.05, 3.63) is 28.3 Å². The maximum atomic E-state index is 10.6. The van der Waals surface area contributed by atoms with Crippen LogP contribution in [0, 0.1) is 10.1 Å². The van der Waals surface area contributed by atoms with Crippen molar-refractivity contribution in [2.75, 3.05) is 12.8 Å². The molecule has 6 heteroatoms. The van der Waals surface area contributed by atoms with Gasteiger partial charge in [0.15, 0.2) is 0 Å². The highest BCUT2D eigenvalue weighted by Crippen LogP contribution is 2.30. The Morgan fingerprint density at radius 3 is 2.74 bits per heavy atom. The van der Waals surface area contributed by atoms with E-state index in [1.165, 1.54) is 12.1 Å². The quantitative estimate of drug-likeness (QED) is 0.514. The van der Waals surface area contributed by atoms with Gasteiger partial charge in [0, 0.05) is 25.7 Å². The van der Waals surface area contributed by atoms with Gasteiger partial charge in [-0.15, -0.1) is 0 Å². The summed E-state index contributed by atoms with van der Waals surface area (Å²) in [6, 6.07) is 4.29. The lowest BCUT2D eigenvalue weighted by Crippen LogP contribution is -2.29. The van der Waals surface area contributed by atoms with Gasteiger partial charge in [0.2, 0.25) is 0 Å². The third kappa shape index (κ3) is 3.35. The van der Waals surface area contributed by atoms with Crippen molar-refractivity contribution < 1.29 is 14.4 Å². The molecule has 0 saturated heterocycles. The Bertz CT molecular complexity index is 464. The highest BCUT2D eigenvalue weighted by molar-refractivity contribution is 5.58. The number of non-ortho nitro benzene ring substituents is 1. The number of ether oxygens (including phenoxy) is 2. The van der Waals surface area contributed by atoms with Crippen molar-refractivity contribution in [1.29, 1.82) is 0 Å². The zero-order valence-corrected chi connectivity index (χ0v) is 10.9. The normalized spacial score (nSPS) is 23.0. The number of anilines is 1. The van der Waals surface area contributed by atoms with Gasteiger partial charge in [-0.3, -0.25) is 10.1 Å². The summed E-state index contributed by atoms with van der Waals surface area (Å²) < 4.78 is 11.2. The molecule has 0 amide bonds. The molecule has 0 radical (unpaired) electrons. The van der Waals surface area contributed by atoms with Crippen molar-refractivity contribution >= 4 is 11.4 Å². The second kappa shape index (κ2) is 5.88. The van der Waals surface area contributed by atoms with Gasteiger partial charge in [-0.05, 0) is 25.3 Å². The summed E-state index contributed by atoms with van der Waals surface area (Å²) in [6.07, 6.45) is 4.16. The molecule has 0 heterocycles. The Morgan fingerprint density at radius 1 is 1.37 bits per heavy atom. The van der Waals surface area contributed by atoms with Crippen LogP contribution in [0.5, 0.6) is 5.75 Å². The molecule has 19 heavy (non-hydrogen) atoms. The van der Waals surface area contributed by atoms with Gasteiger partial charge in [0.25, 0.3) is 5.69 Å². The second-order valence-electron chi connectivity index (χ2n) is 4.74. The number of nitrogens with two attached hydrogens (primary N) is 1. The van der Waals surface area contributed by atoms with E-state index in [2.05, 4.69) is 0 Å². The maximum Gasteiger partial charge on any atom is 0.271 e. The molecule has 2 atom stereocenters. The maximum absolute atomic E-state index is 10.6. The zero-order chi connectivity index (χ0) is 13.8. The van der Waals surface area contributed by atoms with E-state index in [0.717, 1.165) is 25.7 Å². The SMILES string of the molecule is COC1CCCC(Oc2ccc([N+](=O)[O-])cc2N)C1. The summed E-state index contributed by atoms with van der Waals surface area (Å²) in [5.74, 6) is 0.507. The van der Waals surface area contributed by atoms with Crippen LogP contribution in [-0.4, -0.2) is 24.2 Å². The van der Waals surface area contributed by atoms with Crippen molar-refractivity contribution in [3.63, 3.8) is 0 Å². The van der Waals surface area contributed by atoms with E-state index in [9.17, 15) is 10.1 Å². The van der Waals surface area contributed by atoms with E-state index >= 15 is 0 Å². The van der Waals surface area contributed by atoms with Crippen LogP contribution in [-0.2, 0) is 4.74 Å². The number of nitrogens with zero attached hydrogens (tertiary/aromatic N) is 1. The predicted molar refractivity (Wildman–Crippen MR) is 71.2 cm³/mol. The van der Waals surface area contributed by atoms with Crippen molar-refractivity contribution in [3.8, 4) is 5.75 Å². The highest BCUT2D eigenvalue weighted by atomic mass is 16.6. The Kier molecular flexibility index (Phi) is 4.21. The van der Waals surface area contributed by atoms with Crippen LogP contribution in [0.15, 0.2) is 18.2 Å². The Labute approximate surface area is 111 Å². The molecule has 1 fully saturated rings. The van der Waals surface area contributed by atoms with Gasteiger partial charge in [0.05, 0.1) is 16.7 Å². The van der Waals surface area contributed by atoms with E-state index in [0.29, 0.717) is 11.4 Å². The van der Waals surface area contributed by atoms with Crippen LogP contribution in [0.1, 0.15) is 25.7 Å². The standard InChI is InChI=1S/C13H18N2O4/c1-18-10-3-2-4-11(8-10)19-13-6-5-9(15(16)17)7-12(13)14/h5-7,10-11H,2-4,8,14H2,1H3. The lowest BCUT2D eigenvalue weighted by Gasteiger charge is -2.29. The summed E-state index contributed by atoms with van der Waals surface area (Å²) >= 11 is 0. The summed E-state index contributed by atoms with van der Waals surface area (Å²) in [6.45, 7) is 0. The second-order valence-corrected chi connectivity index (χ2v) is 4.74. The van der Waals surface area contributed by atoms with Crippen LogP contribution in [0.25, 0.3) is 0 Å². The lowest BCUT2D eigenvalue weighted by atomic mass is 9.95. The fourth-order valence-corrected chi connectivity index (χ4v) is 2.36. The molecule has 1 aliphatic rings. The molecule has 0 aromatic heterocycles. The number of nitro groups is 1. The molecule has 2 unspecified atom stereocenters. The molecule has 6 nitrogen and oxygen atoms in total. The lowest BCUT2D eigenvalue weighted by molar-refractivity contribution is -0.384. The monoisotopic (exact) mass is 266 g/mol. The fraction of sp³-hybridized carbons (Fsp3) is 0.538. The largest absolute Gasteiger partial charge is 0.488 e. The minimum absolute atomic E-state index is 0.0248. The van der Waals surface area contributed by atoms with Gasteiger partial charge in [-0.2, -0.15) is 0 Å². The van der Waals surface area contributed by atoms with Crippen molar-refractivity contribution in [2.45, 2.75) is 37.9 Å². The first-order valence-electron chi connectivity index (χ1n) is 6.33. The zero-order valence-electron chi connectivity index (χ0n) is 10.9. The minimum atomic E-state index is -0.471. The molecule has 1 aliphatic carbocycles.